The number of ether oxygens (including phenoxy) is 3. The normalized spacial score (nSPS) is 12.9. The Hall–Kier alpha value is -3.07. The van der Waals surface area contributed by atoms with Gasteiger partial charge in [-0.05, 0) is 12.1 Å². The molecule has 0 aliphatic carbocycles. The molecule has 0 fully saturated rings. The number of rotatable bonds is 5. The molecule has 1 aromatic heterocycles. The van der Waals surface area contributed by atoms with Gasteiger partial charge in [0.25, 0.3) is 5.91 Å². The molecule has 1 aromatic carbocycles. The summed E-state index contributed by atoms with van der Waals surface area (Å²) in [7, 11) is 4.17. The number of fused-ring (bicyclic) bond motifs is 1. The summed E-state index contributed by atoms with van der Waals surface area (Å²) in [5, 5.41) is 13.0. The van der Waals surface area contributed by atoms with Gasteiger partial charge in [0.1, 0.15) is 0 Å². The lowest BCUT2D eigenvalue weighted by Gasteiger charge is -2.16. The van der Waals surface area contributed by atoms with Crippen LogP contribution in [0.25, 0.3) is 0 Å². The van der Waals surface area contributed by atoms with Gasteiger partial charge in [-0.25, -0.2) is 4.79 Å². The zero-order valence-corrected chi connectivity index (χ0v) is 14.8. The minimum absolute atomic E-state index is 0.228. The SMILES string of the molecule is COC(=O)c1cc(NC(=O)c2n[nH]c3c2CNCC3)c(OC)c(OC)c1. The number of hydrogen-bond donors (Lipinski definition) is 3. The van der Waals surface area contributed by atoms with E-state index in [9.17, 15) is 9.59 Å². The summed E-state index contributed by atoms with van der Waals surface area (Å²) in [5.41, 5.74) is 2.60. The molecule has 9 nitrogen and oxygen atoms in total. The number of hydrogen-bond acceptors (Lipinski definition) is 7. The number of aromatic amines is 1. The van der Waals surface area contributed by atoms with E-state index in [1.54, 1.807) is 0 Å². The first-order valence-electron chi connectivity index (χ1n) is 8.01. The van der Waals surface area contributed by atoms with Gasteiger partial charge in [-0.15, -0.1) is 0 Å². The minimum Gasteiger partial charge on any atom is -0.493 e. The molecular formula is C17H20N4O5. The van der Waals surface area contributed by atoms with Crippen molar-refractivity contribution in [1.29, 1.82) is 0 Å². The van der Waals surface area contributed by atoms with Gasteiger partial charge in [0.05, 0.1) is 32.6 Å². The van der Waals surface area contributed by atoms with Crippen LogP contribution in [0.2, 0.25) is 0 Å². The lowest BCUT2D eigenvalue weighted by molar-refractivity contribution is 0.0600. The topological polar surface area (TPSA) is 115 Å². The predicted molar refractivity (Wildman–Crippen MR) is 92.8 cm³/mol. The second-order valence-electron chi connectivity index (χ2n) is 5.66. The van der Waals surface area contributed by atoms with Crippen molar-refractivity contribution in [3.63, 3.8) is 0 Å². The van der Waals surface area contributed by atoms with E-state index >= 15 is 0 Å². The number of carbonyl (C=O) groups excluding carboxylic acids is 2. The van der Waals surface area contributed by atoms with Crippen molar-refractivity contribution in [3.8, 4) is 11.5 Å². The maximum atomic E-state index is 12.7. The number of nitrogens with zero attached hydrogens (tertiary/aromatic N) is 1. The number of carbonyl (C=O) groups is 2. The summed E-state index contributed by atoms with van der Waals surface area (Å²) >= 11 is 0. The average Bonchev–Trinajstić information content (AvgIpc) is 3.10. The number of aromatic nitrogens is 2. The number of nitrogens with one attached hydrogen (secondary N) is 3. The van der Waals surface area contributed by atoms with E-state index in [1.807, 2.05) is 0 Å². The van der Waals surface area contributed by atoms with Gasteiger partial charge in [-0.3, -0.25) is 9.89 Å². The predicted octanol–water partition coefficient (Wildman–Crippen LogP) is 1.11. The molecule has 26 heavy (non-hydrogen) atoms. The second kappa shape index (κ2) is 7.44. The summed E-state index contributed by atoms with van der Waals surface area (Å²) in [6.45, 7) is 1.40. The van der Waals surface area contributed by atoms with Crippen molar-refractivity contribution in [2.45, 2.75) is 13.0 Å². The van der Waals surface area contributed by atoms with E-state index in [0.29, 0.717) is 23.7 Å². The van der Waals surface area contributed by atoms with Crippen molar-refractivity contribution >= 4 is 17.6 Å². The van der Waals surface area contributed by atoms with E-state index in [4.69, 9.17) is 14.2 Å². The number of H-pyrrole nitrogens is 1. The molecule has 2 heterocycles. The Morgan fingerprint density at radius 3 is 2.69 bits per heavy atom. The van der Waals surface area contributed by atoms with Gasteiger partial charge in [0.2, 0.25) is 0 Å². The Kier molecular flexibility index (Phi) is 5.08. The highest BCUT2D eigenvalue weighted by molar-refractivity contribution is 6.06. The van der Waals surface area contributed by atoms with Gasteiger partial charge in [-0.1, -0.05) is 0 Å². The first-order chi connectivity index (χ1) is 12.6. The van der Waals surface area contributed by atoms with Crippen molar-refractivity contribution < 1.29 is 23.8 Å². The third-order valence-corrected chi connectivity index (χ3v) is 4.17. The molecule has 3 N–H and O–H groups in total. The lowest BCUT2D eigenvalue weighted by Crippen LogP contribution is -2.25. The van der Waals surface area contributed by atoms with Crippen LogP contribution < -0.4 is 20.1 Å². The fraction of sp³-hybridized carbons (Fsp3) is 0.353. The Morgan fingerprint density at radius 1 is 1.19 bits per heavy atom. The van der Waals surface area contributed by atoms with Crippen LogP contribution >= 0.6 is 0 Å². The van der Waals surface area contributed by atoms with Crippen LogP contribution in [0.5, 0.6) is 11.5 Å². The van der Waals surface area contributed by atoms with E-state index in [1.165, 1.54) is 33.5 Å². The van der Waals surface area contributed by atoms with Crippen molar-refractivity contribution in [3.05, 3.63) is 34.6 Å². The average molecular weight is 360 g/mol. The summed E-state index contributed by atoms with van der Waals surface area (Å²) in [5.74, 6) is -0.358. The van der Waals surface area contributed by atoms with Gasteiger partial charge in [0.15, 0.2) is 17.2 Å². The first kappa shape index (κ1) is 17.7. The molecule has 3 rings (SSSR count). The molecule has 0 unspecified atom stereocenters. The monoisotopic (exact) mass is 360 g/mol. The number of esters is 1. The Labute approximate surface area is 150 Å². The molecule has 0 bridgehead atoms. The van der Waals surface area contributed by atoms with E-state index < -0.39 is 11.9 Å². The molecule has 1 aliphatic heterocycles. The van der Waals surface area contributed by atoms with Gasteiger partial charge in [-0.2, -0.15) is 5.10 Å². The Balaban J connectivity index is 1.96. The smallest absolute Gasteiger partial charge is 0.338 e. The molecule has 2 aromatic rings. The molecule has 0 radical (unpaired) electrons. The molecule has 138 valence electrons. The highest BCUT2D eigenvalue weighted by Crippen LogP contribution is 2.37. The highest BCUT2D eigenvalue weighted by atomic mass is 16.5. The highest BCUT2D eigenvalue weighted by Gasteiger charge is 2.24. The maximum Gasteiger partial charge on any atom is 0.338 e. The fourth-order valence-corrected chi connectivity index (χ4v) is 2.89. The van der Waals surface area contributed by atoms with Gasteiger partial charge in [0, 0.05) is 30.8 Å². The molecule has 1 aliphatic rings. The number of amides is 1. The van der Waals surface area contributed by atoms with E-state index in [-0.39, 0.29) is 11.3 Å². The van der Waals surface area contributed by atoms with Gasteiger partial charge >= 0.3 is 5.97 Å². The second-order valence-corrected chi connectivity index (χ2v) is 5.66. The quantitative estimate of drug-likeness (QED) is 0.684. The van der Waals surface area contributed by atoms with Gasteiger partial charge < -0.3 is 24.8 Å². The van der Waals surface area contributed by atoms with Crippen LogP contribution in [0.4, 0.5) is 5.69 Å². The fourth-order valence-electron chi connectivity index (χ4n) is 2.89. The first-order valence-corrected chi connectivity index (χ1v) is 8.01. The Morgan fingerprint density at radius 2 is 2.00 bits per heavy atom. The van der Waals surface area contributed by atoms with Crippen LogP contribution in [0.15, 0.2) is 12.1 Å². The van der Waals surface area contributed by atoms with Crippen LogP contribution in [-0.2, 0) is 17.7 Å². The molecule has 1 amide bonds. The number of benzene rings is 1. The lowest BCUT2D eigenvalue weighted by atomic mass is 10.1. The molecule has 0 atom stereocenters. The van der Waals surface area contributed by atoms with Crippen LogP contribution in [0.1, 0.15) is 32.1 Å². The molecular weight excluding hydrogens is 340 g/mol. The van der Waals surface area contributed by atoms with Crippen molar-refractivity contribution in [1.82, 2.24) is 15.5 Å². The molecule has 0 saturated heterocycles. The van der Waals surface area contributed by atoms with Crippen LogP contribution in [0.3, 0.4) is 0 Å². The van der Waals surface area contributed by atoms with Crippen molar-refractivity contribution in [2.75, 3.05) is 33.2 Å². The Bertz CT molecular complexity index is 846. The van der Waals surface area contributed by atoms with E-state index in [0.717, 1.165) is 24.2 Å². The van der Waals surface area contributed by atoms with Crippen molar-refractivity contribution in [2.24, 2.45) is 0 Å². The molecule has 0 spiro atoms. The third kappa shape index (κ3) is 3.21. The largest absolute Gasteiger partial charge is 0.493 e. The number of methoxy groups -OCH3 is 3. The van der Waals surface area contributed by atoms with Crippen LogP contribution in [0, 0.1) is 0 Å². The molecule has 0 saturated carbocycles. The maximum absolute atomic E-state index is 12.7. The summed E-state index contributed by atoms with van der Waals surface area (Å²) in [6, 6.07) is 2.96. The van der Waals surface area contributed by atoms with E-state index in [2.05, 4.69) is 20.8 Å². The standard InChI is InChI=1S/C17H20N4O5/c1-24-13-7-9(17(23)26-3)6-12(15(13)25-2)19-16(22)14-10-8-18-5-4-11(10)20-21-14/h6-7,18H,4-5,8H2,1-3H3,(H,19,22)(H,20,21). The zero-order chi connectivity index (χ0) is 18.7. The third-order valence-electron chi connectivity index (χ3n) is 4.17. The summed E-state index contributed by atoms with van der Waals surface area (Å²) in [4.78, 5) is 24.6. The molecule has 9 heteroatoms. The minimum atomic E-state index is -0.553. The summed E-state index contributed by atoms with van der Waals surface area (Å²) in [6.07, 6.45) is 0.782. The zero-order valence-electron chi connectivity index (χ0n) is 14.8. The summed E-state index contributed by atoms with van der Waals surface area (Å²) < 4.78 is 15.3. The number of anilines is 1. The van der Waals surface area contributed by atoms with Crippen LogP contribution in [-0.4, -0.2) is 49.9 Å².